The zero-order chi connectivity index (χ0) is 18.6. The van der Waals surface area contributed by atoms with Gasteiger partial charge in [-0.2, -0.15) is 0 Å². The van der Waals surface area contributed by atoms with Crippen LogP contribution in [0.15, 0.2) is 53.4 Å². The molecule has 0 aliphatic heterocycles. The molecule has 2 unspecified atom stereocenters. The van der Waals surface area contributed by atoms with Gasteiger partial charge >= 0.3 is 0 Å². The van der Waals surface area contributed by atoms with E-state index in [-0.39, 0.29) is 11.5 Å². The summed E-state index contributed by atoms with van der Waals surface area (Å²) in [6.07, 6.45) is 7.97. The molecule has 0 bridgehead atoms. The maximum atomic E-state index is 15.8. The lowest BCUT2D eigenvalue weighted by Crippen LogP contribution is -2.40. The molecule has 2 aliphatic carbocycles. The molecule has 3 heteroatoms. The largest absolute Gasteiger partial charge is 0.238 e. The summed E-state index contributed by atoms with van der Waals surface area (Å²) >= 11 is 0. The molecule has 1 aromatic rings. The molecule has 26 heavy (non-hydrogen) atoms. The first-order chi connectivity index (χ1) is 12.6. The second kappa shape index (κ2) is 8.45. The minimum absolute atomic E-state index is 0.0403. The van der Waals surface area contributed by atoms with E-state index in [0.717, 1.165) is 51.4 Å². The third kappa shape index (κ3) is 3.63. The van der Waals surface area contributed by atoms with E-state index in [1.807, 2.05) is 0 Å². The molecule has 0 radical (unpaired) electrons. The zero-order valence-electron chi connectivity index (χ0n) is 15.6. The summed E-state index contributed by atoms with van der Waals surface area (Å²) in [6.45, 7) is 2.10. The fourth-order valence-corrected chi connectivity index (χ4v) is 4.47. The highest BCUT2D eigenvalue weighted by Crippen LogP contribution is 2.51. The summed E-state index contributed by atoms with van der Waals surface area (Å²) in [6, 6.07) is 7.98. The van der Waals surface area contributed by atoms with Crippen molar-refractivity contribution in [2.45, 2.75) is 76.6 Å². The summed E-state index contributed by atoms with van der Waals surface area (Å²) in [4.78, 5) is 0. The summed E-state index contributed by atoms with van der Waals surface area (Å²) in [5, 5.41) is 0. The molecule has 0 amide bonds. The molecule has 0 saturated heterocycles. The van der Waals surface area contributed by atoms with Crippen LogP contribution in [-0.2, 0) is 5.67 Å². The van der Waals surface area contributed by atoms with E-state index in [1.54, 1.807) is 18.2 Å². The topological polar surface area (TPSA) is 0 Å². The SMILES string of the molecule is CCCCCC1=C(C2CCCCC2)C(F)C(F)(c2ccccc2)C(F)=C1. The van der Waals surface area contributed by atoms with Crippen LogP contribution in [0.25, 0.3) is 0 Å². The number of hydrogen-bond acceptors (Lipinski definition) is 0. The molecule has 3 rings (SSSR count). The Labute approximate surface area is 155 Å². The lowest BCUT2D eigenvalue weighted by Gasteiger charge is -2.38. The molecule has 0 nitrogen and oxygen atoms in total. The number of allylic oxidation sites excluding steroid dienone is 4. The van der Waals surface area contributed by atoms with E-state index < -0.39 is 17.7 Å². The monoisotopic (exact) mass is 362 g/mol. The molecule has 142 valence electrons. The third-order valence-electron chi connectivity index (χ3n) is 5.93. The van der Waals surface area contributed by atoms with Gasteiger partial charge in [0.2, 0.25) is 5.67 Å². The Balaban J connectivity index is 2.00. The van der Waals surface area contributed by atoms with E-state index in [2.05, 4.69) is 6.92 Å². The Morgan fingerprint density at radius 2 is 1.73 bits per heavy atom. The number of hydrogen-bond donors (Lipinski definition) is 0. The molecule has 1 saturated carbocycles. The van der Waals surface area contributed by atoms with E-state index >= 15 is 8.78 Å². The van der Waals surface area contributed by atoms with Crippen molar-refractivity contribution >= 4 is 0 Å². The van der Waals surface area contributed by atoms with Crippen molar-refractivity contribution in [2.24, 2.45) is 5.92 Å². The lowest BCUT2D eigenvalue weighted by molar-refractivity contribution is 0.0679. The smallest absolute Gasteiger partial charge is 0.221 e. The molecule has 0 heterocycles. The van der Waals surface area contributed by atoms with E-state index in [0.29, 0.717) is 17.6 Å². The molecule has 0 N–H and O–H groups in total. The Kier molecular flexibility index (Phi) is 6.26. The maximum Gasteiger partial charge on any atom is 0.221 e. The minimum atomic E-state index is -2.69. The lowest BCUT2D eigenvalue weighted by atomic mass is 9.71. The Morgan fingerprint density at radius 1 is 1.04 bits per heavy atom. The number of rotatable bonds is 6. The fraction of sp³-hybridized carbons (Fsp3) is 0.565. The number of alkyl halides is 2. The first kappa shape index (κ1) is 19.3. The molecule has 2 aliphatic rings. The third-order valence-corrected chi connectivity index (χ3v) is 5.93. The van der Waals surface area contributed by atoms with Gasteiger partial charge < -0.3 is 0 Å². The van der Waals surface area contributed by atoms with Crippen molar-refractivity contribution < 1.29 is 13.2 Å². The average Bonchev–Trinajstić information content (AvgIpc) is 2.68. The first-order valence-corrected chi connectivity index (χ1v) is 10.1. The predicted molar refractivity (Wildman–Crippen MR) is 101 cm³/mol. The first-order valence-electron chi connectivity index (χ1n) is 10.1. The van der Waals surface area contributed by atoms with Gasteiger partial charge in [0.15, 0.2) is 6.17 Å². The fourth-order valence-electron chi connectivity index (χ4n) is 4.47. The Hall–Kier alpha value is -1.51. The molecule has 1 fully saturated rings. The molecule has 2 atom stereocenters. The van der Waals surface area contributed by atoms with Crippen LogP contribution >= 0.6 is 0 Å². The van der Waals surface area contributed by atoms with Crippen molar-refractivity contribution in [2.75, 3.05) is 0 Å². The van der Waals surface area contributed by atoms with Crippen molar-refractivity contribution in [1.82, 2.24) is 0 Å². The number of halogens is 3. The van der Waals surface area contributed by atoms with Gasteiger partial charge in [-0.05, 0) is 54.4 Å². The normalized spacial score (nSPS) is 27.5. The molecule has 0 aromatic heterocycles. The summed E-state index contributed by atoms with van der Waals surface area (Å²) < 4.78 is 46.3. The quantitative estimate of drug-likeness (QED) is 0.459. The second-order valence-electron chi connectivity index (χ2n) is 7.71. The van der Waals surface area contributed by atoms with Gasteiger partial charge in [0.05, 0.1) is 0 Å². The molecular weight excluding hydrogens is 333 g/mol. The molecule has 0 spiro atoms. The minimum Gasteiger partial charge on any atom is -0.238 e. The molecular formula is C23H29F3. The Morgan fingerprint density at radius 3 is 2.38 bits per heavy atom. The Bertz CT molecular complexity index is 655. The van der Waals surface area contributed by atoms with Crippen LogP contribution < -0.4 is 0 Å². The standard InChI is InChI=1S/C23H29F3/c1-2-3-6-13-18-16-20(24)23(26,19-14-9-5-10-15-19)22(25)21(18)17-11-7-4-8-12-17/h5,9-10,14-17,22H,2-4,6-8,11-13H2,1H3. The van der Waals surface area contributed by atoms with Crippen LogP contribution in [0.1, 0.15) is 70.3 Å². The van der Waals surface area contributed by atoms with E-state index in [4.69, 9.17) is 0 Å². The van der Waals surface area contributed by atoms with Crippen LogP contribution in [-0.4, -0.2) is 6.17 Å². The van der Waals surface area contributed by atoms with E-state index in [9.17, 15) is 4.39 Å². The van der Waals surface area contributed by atoms with Crippen molar-refractivity contribution in [3.8, 4) is 0 Å². The highest BCUT2D eigenvalue weighted by molar-refractivity contribution is 5.47. The van der Waals surface area contributed by atoms with Gasteiger partial charge in [-0.3, -0.25) is 0 Å². The van der Waals surface area contributed by atoms with Crippen LogP contribution in [0.4, 0.5) is 13.2 Å². The summed E-state index contributed by atoms with van der Waals surface area (Å²) in [5.74, 6) is -0.944. The number of unbranched alkanes of at least 4 members (excludes halogenated alkanes) is 2. The van der Waals surface area contributed by atoms with Crippen LogP contribution in [0, 0.1) is 5.92 Å². The van der Waals surface area contributed by atoms with Crippen molar-refractivity contribution in [3.63, 3.8) is 0 Å². The van der Waals surface area contributed by atoms with Gasteiger partial charge in [0.25, 0.3) is 0 Å². The molecule has 1 aromatic carbocycles. The maximum absolute atomic E-state index is 15.8. The highest BCUT2D eigenvalue weighted by Gasteiger charge is 2.52. The van der Waals surface area contributed by atoms with Crippen LogP contribution in [0.2, 0.25) is 0 Å². The van der Waals surface area contributed by atoms with Gasteiger partial charge in [-0.1, -0.05) is 69.4 Å². The number of benzene rings is 1. The van der Waals surface area contributed by atoms with Gasteiger partial charge in [-0.15, -0.1) is 0 Å². The van der Waals surface area contributed by atoms with Gasteiger partial charge in [0, 0.05) is 0 Å². The summed E-state index contributed by atoms with van der Waals surface area (Å²) in [5.41, 5.74) is -1.38. The highest BCUT2D eigenvalue weighted by atomic mass is 19.2. The van der Waals surface area contributed by atoms with E-state index in [1.165, 1.54) is 18.2 Å². The van der Waals surface area contributed by atoms with Crippen LogP contribution in [0.3, 0.4) is 0 Å². The van der Waals surface area contributed by atoms with Crippen LogP contribution in [0.5, 0.6) is 0 Å². The van der Waals surface area contributed by atoms with Gasteiger partial charge in [-0.25, -0.2) is 13.2 Å². The van der Waals surface area contributed by atoms with Crippen molar-refractivity contribution in [1.29, 1.82) is 0 Å². The van der Waals surface area contributed by atoms with Gasteiger partial charge in [0.1, 0.15) is 5.83 Å². The second-order valence-corrected chi connectivity index (χ2v) is 7.71. The zero-order valence-corrected chi connectivity index (χ0v) is 15.6. The average molecular weight is 362 g/mol. The predicted octanol–water partition coefficient (Wildman–Crippen LogP) is 7.51. The summed E-state index contributed by atoms with van der Waals surface area (Å²) in [7, 11) is 0. The van der Waals surface area contributed by atoms with Crippen molar-refractivity contribution in [3.05, 3.63) is 58.9 Å².